The highest BCUT2D eigenvalue weighted by Crippen LogP contribution is 2.30. The first-order chi connectivity index (χ1) is 13.8. The molecule has 3 aromatic rings. The lowest BCUT2D eigenvalue weighted by Gasteiger charge is -2.18. The molecule has 0 N–H and O–H groups in total. The van der Waals surface area contributed by atoms with E-state index in [0.717, 1.165) is 5.56 Å². The van der Waals surface area contributed by atoms with Gasteiger partial charge < -0.3 is 14.0 Å². The molecule has 1 aromatic heterocycles. The van der Waals surface area contributed by atoms with Crippen LogP contribution in [-0.4, -0.2) is 50.7 Å². The van der Waals surface area contributed by atoms with E-state index in [2.05, 4.69) is 10.1 Å². The van der Waals surface area contributed by atoms with Gasteiger partial charge in [-0.2, -0.15) is 4.98 Å². The third-order valence-corrected chi connectivity index (χ3v) is 6.40. The highest BCUT2D eigenvalue weighted by molar-refractivity contribution is 7.89. The van der Waals surface area contributed by atoms with Gasteiger partial charge in [-0.25, -0.2) is 12.7 Å². The second-order valence-electron chi connectivity index (χ2n) is 6.12. The first-order valence-electron chi connectivity index (χ1n) is 8.62. The van der Waals surface area contributed by atoms with Gasteiger partial charge in [-0.05, 0) is 36.4 Å². The fourth-order valence-corrected chi connectivity index (χ4v) is 4.06. The maximum atomic E-state index is 13.0. The zero-order chi connectivity index (χ0) is 21.0. The number of benzene rings is 2. The predicted octanol–water partition coefficient (Wildman–Crippen LogP) is 3.27. The van der Waals surface area contributed by atoms with E-state index in [9.17, 15) is 8.42 Å². The van der Waals surface area contributed by atoms with Gasteiger partial charge in [0.25, 0.3) is 5.89 Å². The van der Waals surface area contributed by atoms with Crippen molar-refractivity contribution in [3.8, 4) is 23.0 Å². The van der Waals surface area contributed by atoms with Gasteiger partial charge in [-0.15, -0.1) is 0 Å². The van der Waals surface area contributed by atoms with Crippen molar-refractivity contribution in [2.75, 3.05) is 27.8 Å². The smallest absolute Gasteiger partial charge is 0.257 e. The summed E-state index contributed by atoms with van der Waals surface area (Å²) < 4.78 is 42.7. The average molecular weight is 438 g/mol. The third-order valence-electron chi connectivity index (χ3n) is 4.27. The van der Waals surface area contributed by atoms with Crippen molar-refractivity contribution in [1.82, 2.24) is 14.4 Å². The van der Waals surface area contributed by atoms with E-state index in [4.69, 9.17) is 25.6 Å². The molecule has 0 spiro atoms. The lowest BCUT2D eigenvalue weighted by Crippen LogP contribution is -2.29. The highest BCUT2D eigenvalue weighted by Gasteiger charge is 2.26. The lowest BCUT2D eigenvalue weighted by molar-refractivity contribution is 0.387. The second kappa shape index (κ2) is 8.81. The molecule has 3 rings (SSSR count). The zero-order valence-corrected chi connectivity index (χ0v) is 17.7. The van der Waals surface area contributed by atoms with Crippen molar-refractivity contribution < 1.29 is 22.4 Å². The normalized spacial score (nSPS) is 11.6. The van der Waals surface area contributed by atoms with E-state index < -0.39 is 10.0 Å². The van der Waals surface area contributed by atoms with Gasteiger partial charge in [0.1, 0.15) is 16.4 Å². The molecule has 0 bridgehead atoms. The van der Waals surface area contributed by atoms with Crippen LogP contribution in [0.25, 0.3) is 11.5 Å². The van der Waals surface area contributed by atoms with Crippen molar-refractivity contribution in [2.45, 2.75) is 11.3 Å². The topological polar surface area (TPSA) is 94.8 Å². The van der Waals surface area contributed by atoms with Crippen LogP contribution in [0.4, 0.5) is 0 Å². The van der Waals surface area contributed by atoms with E-state index in [1.807, 2.05) is 0 Å². The van der Waals surface area contributed by atoms with Crippen LogP contribution in [0.1, 0.15) is 5.82 Å². The molecule has 0 aliphatic rings. The van der Waals surface area contributed by atoms with E-state index >= 15 is 0 Å². The van der Waals surface area contributed by atoms with Crippen molar-refractivity contribution >= 4 is 21.6 Å². The summed E-state index contributed by atoms with van der Waals surface area (Å²) in [5.74, 6) is 1.40. The molecular weight excluding hydrogens is 418 g/mol. The Kier molecular flexibility index (Phi) is 6.41. The molecule has 8 nitrogen and oxygen atoms in total. The molecule has 2 aromatic carbocycles. The van der Waals surface area contributed by atoms with Crippen LogP contribution >= 0.6 is 11.6 Å². The predicted molar refractivity (Wildman–Crippen MR) is 108 cm³/mol. The summed E-state index contributed by atoms with van der Waals surface area (Å²) in [5.41, 5.74) is 0.732. The summed E-state index contributed by atoms with van der Waals surface area (Å²) in [6, 6.07) is 11.6. The summed E-state index contributed by atoms with van der Waals surface area (Å²) in [6.07, 6.45) is 0.277. The van der Waals surface area contributed by atoms with Crippen molar-refractivity contribution in [3.05, 3.63) is 53.3 Å². The van der Waals surface area contributed by atoms with Crippen molar-refractivity contribution in [3.63, 3.8) is 0 Å². The van der Waals surface area contributed by atoms with Crippen LogP contribution in [0.2, 0.25) is 5.02 Å². The molecule has 0 amide bonds. The number of hydrogen-bond acceptors (Lipinski definition) is 7. The van der Waals surface area contributed by atoms with Gasteiger partial charge in [0.15, 0.2) is 5.82 Å². The molecule has 0 saturated heterocycles. The van der Waals surface area contributed by atoms with Crippen LogP contribution in [0.3, 0.4) is 0 Å². The molecule has 0 unspecified atom stereocenters. The number of rotatable bonds is 8. The minimum absolute atomic E-state index is 0.0248. The molecule has 0 saturated carbocycles. The third kappa shape index (κ3) is 4.69. The molecule has 1 heterocycles. The Labute approximate surface area is 174 Å². The maximum absolute atomic E-state index is 13.0. The number of aromatic nitrogens is 2. The minimum Gasteiger partial charge on any atom is -0.497 e. The van der Waals surface area contributed by atoms with E-state index in [-0.39, 0.29) is 23.6 Å². The van der Waals surface area contributed by atoms with Crippen LogP contribution in [0, 0.1) is 0 Å². The maximum Gasteiger partial charge on any atom is 0.257 e. The minimum atomic E-state index is -3.81. The van der Waals surface area contributed by atoms with Gasteiger partial charge in [-0.1, -0.05) is 16.8 Å². The summed E-state index contributed by atoms with van der Waals surface area (Å²) in [5, 5.41) is 4.52. The van der Waals surface area contributed by atoms with Gasteiger partial charge in [0.05, 0.1) is 14.2 Å². The van der Waals surface area contributed by atoms with Gasteiger partial charge >= 0.3 is 0 Å². The number of methoxy groups -OCH3 is 2. The molecular formula is C19H20ClN3O5S. The number of hydrogen-bond donors (Lipinski definition) is 0. The largest absolute Gasteiger partial charge is 0.497 e. The standard InChI is InChI=1S/C19H20ClN3O5S/c1-23(29(24,25)17-12-15(26-2)8-9-16(17)27-3)11-10-18-21-19(28-22-18)13-4-6-14(20)7-5-13/h4-9,12H,10-11H2,1-3H3. The molecule has 0 atom stereocenters. The average Bonchev–Trinajstić information content (AvgIpc) is 3.20. The Morgan fingerprint density at radius 2 is 1.83 bits per heavy atom. The summed E-state index contributed by atoms with van der Waals surface area (Å²) in [4.78, 5) is 4.34. The summed E-state index contributed by atoms with van der Waals surface area (Å²) in [7, 11) is 0.557. The summed E-state index contributed by atoms with van der Waals surface area (Å²) >= 11 is 5.88. The quantitative estimate of drug-likeness (QED) is 0.533. The van der Waals surface area contributed by atoms with Crippen molar-refractivity contribution in [2.24, 2.45) is 0 Å². The van der Waals surface area contributed by atoms with Crippen LogP contribution in [-0.2, 0) is 16.4 Å². The fraction of sp³-hybridized carbons (Fsp3) is 0.263. The van der Waals surface area contributed by atoms with Crippen LogP contribution in [0.5, 0.6) is 11.5 Å². The zero-order valence-electron chi connectivity index (χ0n) is 16.1. The molecule has 29 heavy (non-hydrogen) atoms. The molecule has 0 radical (unpaired) electrons. The van der Waals surface area contributed by atoms with E-state index in [0.29, 0.717) is 22.5 Å². The number of ether oxygens (including phenoxy) is 2. The Bertz CT molecular complexity index is 1080. The Morgan fingerprint density at radius 3 is 2.48 bits per heavy atom. The second-order valence-corrected chi connectivity index (χ2v) is 8.57. The lowest BCUT2D eigenvalue weighted by atomic mass is 10.2. The Morgan fingerprint density at radius 1 is 1.10 bits per heavy atom. The first kappa shape index (κ1) is 21.1. The van der Waals surface area contributed by atoms with Crippen LogP contribution < -0.4 is 9.47 Å². The number of likely N-dealkylation sites (N-methyl/N-ethyl adjacent to an activating group) is 1. The van der Waals surface area contributed by atoms with Gasteiger partial charge in [0, 0.05) is 36.7 Å². The monoisotopic (exact) mass is 437 g/mol. The number of nitrogens with zero attached hydrogens (tertiary/aromatic N) is 3. The molecule has 10 heteroatoms. The number of halogens is 1. The molecule has 0 aliphatic carbocycles. The summed E-state index contributed by atoms with van der Waals surface area (Å²) in [6.45, 7) is 0.155. The van der Waals surface area contributed by atoms with Gasteiger partial charge in [-0.3, -0.25) is 0 Å². The molecule has 0 aliphatic heterocycles. The van der Waals surface area contributed by atoms with Crippen LogP contribution in [0.15, 0.2) is 51.9 Å². The molecule has 154 valence electrons. The fourth-order valence-electron chi connectivity index (χ4n) is 2.60. The Balaban J connectivity index is 1.74. The highest BCUT2D eigenvalue weighted by atomic mass is 35.5. The Hall–Kier alpha value is -2.62. The first-order valence-corrected chi connectivity index (χ1v) is 10.4. The molecule has 0 fully saturated rings. The van der Waals surface area contributed by atoms with E-state index in [1.54, 1.807) is 36.4 Å². The van der Waals surface area contributed by atoms with E-state index in [1.165, 1.54) is 31.6 Å². The van der Waals surface area contributed by atoms with Crippen molar-refractivity contribution in [1.29, 1.82) is 0 Å². The SMILES string of the molecule is COc1ccc(OC)c(S(=O)(=O)N(C)CCc2noc(-c3ccc(Cl)cc3)n2)c1. The number of sulfonamides is 1. The van der Waals surface area contributed by atoms with Gasteiger partial charge in [0.2, 0.25) is 10.0 Å².